The smallest absolute Gasteiger partial charge is 0.234 e. The minimum Gasteiger partial charge on any atom is -0.397 e. The molecule has 6 heteroatoms. The first kappa shape index (κ1) is 12.2. The van der Waals surface area contributed by atoms with Crippen LogP contribution in [0.1, 0.15) is 0 Å². The molecule has 1 aromatic carbocycles. The molecule has 0 radical (unpaired) electrons. The number of hydrogen-bond acceptors (Lipinski definition) is 4. The summed E-state index contributed by atoms with van der Waals surface area (Å²) in [4.78, 5) is 11.6. The number of nitrogens with two attached hydrogens (primary N) is 1. The monoisotopic (exact) mass is 256 g/mol. The maximum Gasteiger partial charge on any atom is 0.234 e. The summed E-state index contributed by atoms with van der Waals surface area (Å²) in [7, 11) is 0. The van der Waals surface area contributed by atoms with E-state index in [0.29, 0.717) is 35.6 Å². The lowest BCUT2D eigenvalue weighted by Gasteiger charge is -2.24. The number of amides is 1. The first-order chi connectivity index (χ1) is 8.15. The minimum atomic E-state index is -0.422. The highest BCUT2D eigenvalue weighted by atomic mass is 32.2. The number of ether oxygens (including phenoxy) is 1. The fourth-order valence-electron chi connectivity index (χ4n) is 1.33. The number of thioether (sulfide) groups is 1. The molecular formula is C11H13FN2O2S. The van der Waals surface area contributed by atoms with Gasteiger partial charge in [-0.25, -0.2) is 4.39 Å². The van der Waals surface area contributed by atoms with E-state index in [0.717, 1.165) is 0 Å². The van der Waals surface area contributed by atoms with E-state index in [4.69, 9.17) is 10.5 Å². The summed E-state index contributed by atoms with van der Waals surface area (Å²) in [6, 6.07) is 3.90. The van der Waals surface area contributed by atoms with Crippen LogP contribution in [-0.4, -0.2) is 30.1 Å². The average molecular weight is 256 g/mol. The maximum absolute atomic E-state index is 12.9. The van der Waals surface area contributed by atoms with Gasteiger partial charge in [-0.3, -0.25) is 4.79 Å². The predicted octanol–water partition coefficient (Wildman–Crippen LogP) is 1.48. The molecular weight excluding hydrogens is 243 g/mol. The van der Waals surface area contributed by atoms with Crippen LogP contribution in [0.2, 0.25) is 0 Å². The number of benzene rings is 1. The number of anilines is 2. The van der Waals surface area contributed by atoms with Gasteiger partial charge in [-0.05, 0) is 18.2 Å². The third-order valence-corrected chi connectivity index (χ3v) is 3.52. The Morgan fingerprint density at radius 3 is 3.00 bits per heavy atom. The Kier molecular flexibility index (Phi) is 3.86. The Morgan fingerprint density at radius 2 is 2.35 bits per heavy atom. The Balaban J connectivity index is 1.86. The van der Waals surface area contributed by atoms with Crippen molar-refractivity contribution in [2.75, 3.05) is 30.0 Å². The molecule has 0 bridgehead atoms. The summed E-state index contributed by atoms with van der Waals surface area (Å²) in [6.45, 7) is 1.39. The van der Waals surface area contributed by atoms with E-state index < -0.39 is 5.82 Å². The van der Waals surface area contributed by atoms with Gasteiger partial charge in [0.15, 0.2) is 0 Å². The molecule has 1 aliphatic heterocycles. The zero-order valence-electron chi connectivity index (χ0n) is 9.11. The number of nitrogen functional groups attached to an aromatic ring is 1. The van der Waals surface area contributed by atoms with Gasteiger partial charge in [0.2, 0.25) is 5.91 Å². The van der Waals surface area contributed by atoms with Crippen molar-refractivity contribution in [1.29, 1.82) is 0 Å². The van der Waals surface area contributed by atoms with Crippen LogP contribution in [0.4, 0.5) is 15.8 Å². The molecule has 92 valence electrons. The van der Waals surface area contributed by atoms with Gasteiger partial charge in [0.05, 0.1) is 35.6 Å². The summed E-state index contributed by atoms with van der Waals surface area (Å²) < 4.78 is 17.9. The van der Waals surface area contributed by atoms with Crippen molar-refractivity contribution < 1.29 is 13.9 Å². The summed E-state index contributed by atoms with van der Waals surface area (Å²) in [5.41, 5.74) is 6.30. The van der Waals surface area contributed by atoms with Gasteiger partial charge < -0.3 is 15.8 Å². The Hall–Kier alpha value is -1.27. The topological polar surface area (TPSA) is 64.3 Å². The minimum absolute atomic E-state index is 0.181. The molecule has 1 fully saturated rings. The molecule has 0 aromatic heterocycles. The quantitative estimate of drug-likeness (QED) is 0.801. The summed E-state index contributed by atoms with van der Waals surface area (Å²) in [5, 5.41) is 2.98. The van der Waals surface area contributed by atoms with Crippen LogP contribution in [0.15, 0.2) is 18.2 Å². The highest BCUT2D eigenvalue weighted by molar-refractivity contribution is 8.00. The van der Waals surface area contributed by atoms with Crippen LogP contribution in [0, 0.1) is 5.82 Å². The zero-order chi connectivity index (χ0) is 12.3. The molecule has 3 N–H and O–H groups in total. The van der Waals surface area contributed by atoms with Gasteiger partial charge in [-0.2, -0.15) is 0 Å². The summed E-state index contributed by atoms with van der Waals surface area (Å²) in [5.74, 6) is -0.280. The third kappa shape index (κ3) is 3.34. The summed E-state index contributed by atoms with van der Waals surface area (Å²) in [6.07, 6.45) is 0. The number of hydrogen-bond donors (Lipinski definition) is 2. The van der Waals surface area contributed by atoms with Crippen LogP contribution in [0.25, 0.3) is 0 Å². The number of carbonyl (C=O) groups excluding carboxylic acids is 1. The van der Waals surface area contributed by atoms with Crippen molar-refractivity contribution in [3.8, 4) is 0 Å². The number of halogens is 1. The van der Waals surface area contributed by atoms with Gasteiger partial charge in [0.25, 0.3) is 0 Å². The highest BCUT2D eigenvalue weighted by Crippen LogP contribution is 2.21. The van der Waals surface area contributed by atoms with Crippen molar-refractivity contribution in [2.45, 2.75) is 5.25 Å². The Labute approximate surface area is 103 Å². The molecule has 0 atom stereocenters. The molecule has 0 spiro atoms. The van der Waals surface area contributed by atoms with Gasteiger partial charge in [-0.1, -0.05) is 0 Å². The Morgan fingerprint density at radius 1 is 1.59 bits per heavy atom. The molecule has 0 saturated carbocycles. The van der Waals surface area contributed by atoms with E-state index in [-0.39, 0.29) is 5.91 Å². The van der Waals surface area contributed by atoms with Crippen LogP contribution < -0.4 is 11.1 Å². The van der Waals surface area contributed by atoms with Gasteiger partial charge in [-0.15, -0.1) is 11.8 Å². The van der Waals surface area contributed by atoms with Crippen molar-refractivity contribution in [1.82, 2.24) is 0 Å². The molecule has 1 amide bonds. The van der Waals surface area contributed by atoms with E-state index >= 15 is 0 Å². The average Bonchev–Trinajstić information content (AvgIpc) is 2.21. The normalized spacial score (nSPS) is 15.4. The van der Waals surface area contributed by atoms with Crippen molar-refractivity contribution >= 4 is 29.0 Å². The standard InChI is InChI=1S/C11H13FN2O2S/c12-7-1-2-9(13)10(3-7)14-11(15)6-17-8-4-16-5-8/h1-3,8H,4-6,13H2,(H,14,15). The molecule has 1 saturated heterocycles. The second-order valence-corrected chi connectivity index (χ2v) is 5.04. The molecule has 0 unspecified atom stereocenters. The van der Waals surface area contributed by atoms with E-state index in [1.165, 1.54) is 30.0 Å². The highest BCUT2D eigenvalue weighted by Gasteiger charge is 2.20. The number of nitrogens with one attached hydrogen (secondary N) is 1. The van der Waals surface area contributed by atoms with Gasteiger partial charge >= 0.3 is 0 Å². The maximum atomic E-state index is 12.9. The second kappa shape index (κ2) is 5.37. The lowest BCUT2D eigenvalue weighted by Crippen LogP contribution is -2.32. The molecule has 1 aliphatic rings. The van der Waals surface area contributed by atoms with Crippen molar-refractivity contribution in [3.63, 3.8) is 0 Å². The fourth-order valence-corrected chi connectivity index (χ4v) is 2.17. The first-order valence-electron chi connectivity index (χ1n) is 5.19. The fraction of sp³-hybridized carbons (Fsp3) is 0.364. The first-order valence-corrected chi connectivity index (χ1v) is 6.24. The zero-order valence-corrected chi connectivity index (χ0v) is 9.93. The Bertz CT molecular complexity index is 424. The van der Waals surface area contributed by atoms with Crippen molar-refractivity contribution in [3.05, 3.63) is 24.0 Å². The predicted molar refractivity (Wildman–Crippen MR) is 66.5 cm³/mol. The van der Waals surface area contributed by atoms with Crippen LogP contribution in [-0.2, 0) is 9.53 Å². The second-order valence-electron chi connectivity index (χ2n) is 3.75. The van der Waals surface area contributed by atoms with Gasteiger partial charge in [0.1, 0.15) is 5.82 Å². The van der Waals surface area contributed by atoms with Gasteiger partial charge in [0, 0.05) is 0 Å². The van der Waals surface area contributed by atoms with Crippen LogP contribution in [0.3, 0.4) is 0 Å². The molecule has 1 aromatic rings. The lowest BCUT2D eigenvalue weighted by molar-refractivity contribution is -0.113. The third-order valence-electron chi connectivity index (χ3n) is 2.35. The number of carbonyl (C=O) groups is 1. The van der Waals surface area contributed by atoms with Crippen LogP contribution in [0.5, 0.6) is 0 Å². The molecule has 1 heterocycles. The number of rotatable bonds is 4. The summed E-state index contributed by atoms with van der Waals surface area (Å²) >= 11 is 1.53. The molecule has 0 aliphatic carbocycles. The largest absolute Gasteiger partial charge is 0.397 e. The molecule has 4 nitrogen and oxygen atoms in total. The van der Waals surface area contributed by atoms with E-state index in [9.17, 15) is 9.18 Å². The molecule has 17 heavy (non-hydrogen) atoms. The van der Waals surface area contributed by atoms with Crippen molar-refractivity contribution in [2.24, 2.45) is 0 Å². The van der Waals surface area contributed by atoms with E-state index in [2.05, 4.69) is 5.32 Å². The van der Waals surface area contributed by atoms with E-state index in [1.54, 1.807) is 0 Å². The van der Waals surface area contributed by atoms with E-state index in [1.807, 2.05) is 0 Å². The molecule has 2 rings (SSSR count). The van der Waals surface area contributed by atoms with Crippen LogP contribution >= 0.6 is 11.8 Å². The lowest BCUT2D eigenvalue weighted by atomic mass is 10.2. The SMILES string of the molecule is Nc1ccc(F)cc1NC(=O)CSC1COC1.